The molecule has 0 spiro atoms. The molecule has 4 rings (SSSR count). The van der Waals surface area contributed by atoms with Crippen LogP contribution in [0, 0.1) is 29.6 Å². The summed E-state index contributed by atoms with van der Waals surface area (Å²) in [7, 11) is 0. The van der Waals surface area contributed by atoms with Crippen molar-refractivity contribution in [3.63, 3.8) is 0 Å². The zero-order valence-corrected chi connectivity index (χ0v) is 13.2. The number of aliphatic hydroxyl groups is 1. The summed E-state index contributed by atoms with van der Waals surface area (Å²) < 4.78 is 0. The third-order valence-electron chi connectivity index (χ3n) is 7.04. The zero-order valence-electron chi connectivity index (χ0n) is 13.2. The lowest BCUT2D eigenvalue weighted by Gasteiger charge is -2.51. The first-order valence-corrected chi connectivity index (χ1v) is 8.49. The highest BCUT2D eigenvalue weighted by atomic mass is 16.3. The van der Waals surface area contributed by atoms with Crippen molar-refractivity contribution in [2.24, 2.45) is 17.3 Å². The Labute approximate surface area is 132 Å². The number of hydrogen-bond acceptors (Lipinski definition) is 2. The highest BCUT2D eigenvalue weighted by Gasteiger charge is 2.59. The molecule has 22 heavy (non-hydrogen) atoms. The number of phenols is 1. The molecule has 0 amide bonds. The smallest absolute Gasteiger partial charge is 0.130 e. The molecule has 5 atom stereocenters. The fourth-order valence-corrected chi connectivity index (χ4v) is 5.66. The number of hydrogen-bond donors (Lipinski definition) is 2. The van der Waals surface area contributed by atoms with Crippen molar-refractivity contribution >= 4 is 0 Å². The van der Waals surface area contributed by atoms with Gasteiger partial charge in [0.25, 0.3) is 0 Å². The lowest BCUT2D eigenvalue weighted by atomic mass is 9.54. The van der Waals surface area contributed by atoms with Crippen molar-refractivity contribution in [2.45, 2.75) is 57.0 Å². The molecule has 116 valence electrons. The lowest BCUT2D eigenvalue weighted by molar-refractivity contribution is -0.0612. The number of benzene rings is 1. The van der Waals surface area contributed by atoms with Crippen LogP contribution < -0.4 is 0 Å². The first kappa shape index (κ1) is 14.2. The van der Waals surface area contributed by atoms with Crippen LogP contribution in [0.1, 0.15) is 56.1 Å². The topological polar surface area (TPSA) is 40.5 Å². The van der Waals surface area contributed by atoms with Gasteiger partial charge < -0.3 is 10.2 Å². The predicted molar refractivity (Wildman–Crippen MR) is 86.5 cm³/mol. The van der Waals surface area contributed by atoms with Crippen molar-refractivity contribution in [3.8, 4) is 18.1 Å². The van der Waals surface area contributed by atoms with Crippen molar-refractivity contribution in [3.05, 3.63) is 29.3 Å². The third-order valence-corrected chi connectivity index (χ3v) is 7.04. The first-order valence-electron chi connectivity index (χ1n) is 8.49. The van der Waals surface area contributed by atoms with E-state index in [0.717, 1.165) is 38.5 Å². The van der Waals surface area contributed by atoms with Crippen LogP contribution in [-0.4, -0.2) is 15.8 Å². The molecule has 0 heterocycles. The molecule has 1 aromatic rings. The van der Waals surface area contributed by atoms with E-state index < -0.39 is 5.60 Å². The van der Waals surface area contributed by atoms with Gasteiger partial charge >= 0.3 is 0 Å². The summed E-state index contributed by atoms with van der Waals surface area (Å²) in [5, 5.41) is 20.6. The molecule has 0 aliphatic heterocycles. The van der Waals surface area contributed by atoms with Gasteiger partial charge in [-0.2, -0.15) is 0 Å². The third kappa shape index (κ3) is 1.72. The molecule has 2 saturated carbocycles. The van der Waals surface area contributed by atoms with E-state index in [4.69, 9.17) is 6.42 Å². The normalized spacial score (nSPS) is 42.9. The van der Waals surface area contributed by atoms with Gasteiger partial charge in [-0.25, -0.2) is 0 Å². The molecular weight excluding hydrogens is 272 g/mol. The second-order valence-electron chi connectivity index (χ2n) is 7.89. The molecule has 2 heteroatoms. The monoisotopic (exact) mass is 296 g/mol. The molecule has 2 nitrogen and oxygen atoms in total. The van der Waals surface area contributed by atoms with Crippen LogP contribution in [0.5, 0.6) is 5.75 Å². The van der Waals surface area contributed by atoms with Crippen LogP contribution in [-0.2, 0) is 6.42 Å². The SMILES string of the molecule is C#C[C@]1(O)CC[C@H]2C[C@H]3c4ccc(O)cc4CC[C@H]3C[C@@]21C. The molecule has 0 bridgehead atoms. The van der Waals surface area contributed by atoms with Crippen LogP contribution in [0.3, 0.4) is 0 Å². The minimum Gasteiger partial charge on any atom is -0.508 e. The summed E-state index contributed by atoms with van der Waals surface area (Å²) in [6.45, 7) is 2.22. The summed E-state index contributed by atoms with van der Waals surface area (Å²) in [6.07, 6.45) is 11.8. The Bertz CT molecular complexity index is 658. The molecule has 3 aliphatic rings. The molecule has 0 unspecified atom stereocenters. The number of phenolic OH excluding ortho intramolecular Hbond substituents is 1. The van der Waals surface area contributed by atoms with Gasteiger partial charge in [0, 0.05) is 5.41 Å². The Balaban J connectivity index is 1.71. The van der Waals surface area contributed by atoms with E-state index in [2.05, 4.69) is 18.9 Å². The van der Waals surface area contributed by atoms with Crippen molar-refractivity contribution in [1.82, 2.24) is 0 Å². The molecule has 2 N–H and O–H groups in total. The van der Waals surface area contributed by atoms with Gasteiger partial charge in [0.2, 0.25) is 0 Å². The zero-order chi connectivity index (χ0) is 15.5. The molecule has 0 radical (unpaired) electrons. The van der Waals surface area contributed by atoms with Gasteiger partial charge in [0.05, 0.1) is 0 Å². The highest BCUT2D eigenvalue weighted by Crippen LogP contribution is 2.63. The Morgan fingerprint density at radius 2 is 2.14 bits per heavy atom. The van der Waals surface area contributed by atoms with Crippen molar-refractivity contribution in [1.29, 1.82) is 0 Å². The quantitative estimate of drug-likeness (QED) is 0.718. The predicted octanol–water partition coefficient (Wildman–Crippen LogP) is 3.61. The van der Waals surface area contributed by atoms with E-state index in [1.165, 1.54) is 11.1 Å². The van der Waals surface area contributed by atoms with E-state index in [1.54, 1.807) is 0 Å². The summed E-state index contributed by atoms with van der Waals surface area (Å²) in [4.78, 5) is 0. The summed E-state index contributed by atoms with van der Waals surface area (Å²) in [5.41, 5.74) is 1.69. The molecule has 1 aromatic carbocycles. The molecule has 3 aliphatic carbocycles. The Kier molecular flexibility index (Phi) is 2.91. The van der Waals surface area contributed by atoms with E-state index in [0.29, 0.717) is 23.5 Å². The van der Waals surface area contributed by atoms with Crippen LogP contribution in [0.4, 0.5) is 0 Å². The van der Waals surface area contributed by atoms with E-state index in [-0.39, 0.29) is 5.41 Å². The van der Waals surface area contributed by atoms with Gasteiger partial charge in [-0.3, -0.25) is 0 Å². The summed E-state index contributed by atoms with van der Waals surface area (Å²) in [5.74, 6) is 4.79. The van der Waals surface area contributed by atoms with Gasteiger partial charge in [-0.15, -0.1) is 6.42 Å². The van der Waals surface area contributed by atoms with Gasteiger partial charge in [0.1, 0.15) is 11.4 Å². The first-order chi connectivity index (χ1) is 10.5. The Morgan fingerprint density at radius 1 is 1.32 bits per heavy atom. The van der Waals surface area contributed by atoms with Crippen molar-refractivity contribution < 1.29 is 10.2 Å². The fraction of sp³-hybridized carbons (Fsp3) is 0.600. The number of aryl methyl sites for hydroxylation is 1. The van der Waals surface area contributed by atoms with E-state index in [1.807, 2.05) is 12.1 Å². The van der Waals surface area contributed by atoms with Crippen molar-refractivity contribution in [2.75, 3.05) is 0 Å². The highest BCUT2D eigenvalue weighted by molar-refractivity contribution is 5.40. The minimum atomic E-state index is -0.919. The maximum atomic E-state index is 10.9. The van der Waals surface area contributed by atoms with E-state index in [9.17, 15) is 10.2 Å². The second-order valence-corrected chi connectivity index (χ2v) is 7.89. The maximum Gasteiger partial charge on any atom is 0.130 e. The van der Waals surface area contributed by atoms with Crippen LogP contribution in [0.25, 0.3) is 0 Å². The fourth-order valence-electron chi connectivity index (χ4n) is 5.66. The number of fused-ring (bicyclic) bond motifs is 4. The lowest BCUT2D eigenvalue weighted by Crippen LogP contribution is -2.49. The summed E-state index contributed by atoms with van der Waals surface area (Å²) >= 11 is 0. The maximum absolute atomic E-state index is 10.9. The number of rotatable bonds is 0. The minimum absolute atomic E-state index is 0.128. The van der Waals surface area contributed by atoms with E-state index >= 15 is 0 Å². The summed E-state index contributed by atoms with van der Waals surface area (Å²) in [6, 6.07) is 5.87. The largest absolute Gasteiger partial charge is 0.508 e. The second kappa shape index (κ2) is 4.52. The Hall–Kier alpha value is -1.46. The van der Waals surface area contributed by atoms with Gasteiger partial charge in [-0.1, -0.05) is 18.9 Å². The molecule has 0 saturated heterocycles. The number of terminal acetylenes is 1. The van der Waals surface area contributed by atoms with Crippen LogP contribution >= 0.6 is 0 Å². The molecule has 0 aromatic heterocycles. The van der Waals surface area contributed by atoms with Gasteiger partial charge in [-0.05, 0) is 79.5 Å². The molecule has 2 fully saturated rings. The average molecular weight is 296 g/mol. The Morgan fingerprint density at radius 3 is 2.91 bits per heavy atom. The molecular formula is C20H24O2. The number of aromatic hydroxyl groups is 1. The van der Waals surface area contributed by atoms with Crippen LogP contribution in [0.15, 0.2) is 18.2 Å². The standard InChI is InChI=1S/C20H24O2/c1-3-20(22)9-8-15-11-18-14(12-19(15,20)2)5-4-13-10-16(21)6-7-17(13)18/h1,6-7,10,14-15,18,21-22H,4-5,8-9,11-12H2,2H3/t14-,15-,18+,19-,20-/m0/s1. The van der Waals surface area contributed by atoms with Crippen LogP contribution in [0.2, 0.25) is 0 Å². The average Bonchev–Trinajstić information content (AvgIpc) is 2.77. The van der Waals surface area contributed by atoms with Gasteiger partial charge in [0.15, 0.2) is 0 Å².